The van der Waals surface area contributed by atoms with Gasteiger partial charge in [-0.1, -0.05) is 19.3 Å². The molecule has 3 heteroatoms. The molecule has 0 aromatic carbocycles. The van der Waals surface area contributed by atoms with Gasteiger partial charge in [0.1, 0.15) is 5.54 Å². The molecule has 1 atom stereocenters. The van der Waals surface area contributed by atoms with E-state index in [1.165, 1.54) is 58.0 Å². The predicted octanol–water partition coefficient (Wildman–Crippen LogP) is 3.05. The molecule has 0 bridgehead atoms. The lowest BCUT2D eigenvalue weighted by Crippen LogP contribution is -2.42. The van der Waals surface area contributed by atoms with E-state index in [4.69, 9.17) is 11.0 Å². The molecule has 0 amide bonds. The second kappa shape index (κ2) is 6.24. The molecule has 1 unspecified atom stereocenters. The number of hydrogen-bond donors (Lipinski definition) is 1. The molecule has 0 aromatic rings. The van der Waals surface area contributed by atoms with Gasteiger partial charge in [0.15, 0.2) is 0 Å². The van der Waals surface area contributed by atoms with E-state index in [9.17, 15) is 0 Å². The molecule has 2 fully saturated rings. The molecule has 1 spiro atoms. The molecule has 1 saturated heterocycles. The molecule has 2 N–H and O–H groups in total. The van der Waals surface area contributed by atoms with Crippen molar-refractivity contribution >= 4 is 0 Å². The van der Waals surface area contributed by atoms with E-state index in [1.54, 1.807) is 0 Å². The van der Waals surface area contributed by atoms with Crippen LogP contribution >= 0.6 is 0 Å². The molecule has 2 rings (SSSR count). The van der Waals surface area contributed by atoms with Crippen molar-refractivity contribution in [2.24, 2.45) is 11.1 Å². The first-order chi connectivity index (χ1) is 9.05. The fourth-order valence-corrected chi connectivity index (χ4v) is 3.78. The zero-order valence-corrected chi connectivity index (χ0v) is 12.5. The van der Waals surface area contributed by atoms with Gasteiger partial charge in [-0.05, 0) is 70.5 Å². The SMILES string of the molecule is CC(N)(C#N)CCCN1CCC2(CCCCC2)CC1. The minimum absolute atomic E-state index is 0.639. The Bertz CT molecular complexity index is 313. The van der Waals surface area contributed by atoms with Crippen LogP contribution in [0.1, 0.15) is 64.7 Å². The third kappa shape index (κ3) is 4.19. The van der Waals surface area contributed by atoms with Gasteiger partial charge in [-0.2, -0.15) is 5.26 Å². The third-order valence-corrected chi connectivity index (χ3v) is 5.26. The summed E-state index contributed by atoms with van der Waals surface area (Å²) in [6, 6.07) is 2.18. The molecule has 0 aromatic heterocycles. The number of rotatable bonds is 4. The van der Waals surface area contributed by atoms with Crippen LogP contribution in [-0.4, -0.2) is 30.1 Å². The molecule has 0 radical (unpaired) electrons. The largest absolute Gasteiger partial charge is 0.314 e. The summed E-state index contributed by atoms with van der Waals surface area (Å²) in [5.41, 5.74) is 5.92. The highest BCUT2D eigenvalue weighted by atomic mass is 15.1. The second-order valence-corrected chi connectivity index (χ2v) is 7.04. The summed E-state index contributed by atoms with van der Waals surface area (Å²) in [5.74, 6) is 0. The van der Waals surface area contributed by atoms with Crippen LogP contribution in [0.3, 0.4) is 0 Å². The zero-order valence-electron chi connectivity index (χ0n) is 12.5. The smallest absolute Gasteiger partial charge is 0.101 e. The maximum absolute atomic E-state index is 8.91. The fraction of sp³-hybridized carbons (Fsp3) is 0.938. The highest BCUT2D eigenvalue weighted by molar-refractivity contribution is 5.00. The van der Waals surface area contributed by atoms with E-state index in [1.807, 2.05) is 6.92 Å². The number of nitrogens with zero attached hydrogens (tertiary/aromatic N) is 2. The van der Waals surface area contributed by atoms with Crippen LogP contribution in [0.2, 0.25) is 0 Å². The van der Waals surface area contributed by atoms with Crippen molar-refractivity contribution in [2.75, 3.05) is 19.6 Å². The van der Waals surface area contributed by atoms with Gasteiger partial charge >= 0.3 is 0 Å². The second-order valence-electron chi connectivity index (χ2n) is 7.04. The lowest BCUT2D eigenvalue weighted by Gasteiger charge is -2.44. The van der Waals surface area contributed by atoms with Crippen molar-refractivity contribution in [1.82, 2.24) is 4.90 Å². The van der Waals surface area contributed by atoms with Crippen molar-refractivity contribution in [3.63, 3.8) is 0 Å². The van der Waals surface area contributed by atoms with Gasteiger partial charge in [0.2, 0.25) is 0 Å². The Morgan fingerprint density at radius 1 is 1.16 bits per heavy atom. The normalized spacial score (nSPS) is 26.8. The van der Waals surface area contributed by atoms with Crippen LogP contribution in [0.15, 0.2) is 0 Å². The minimum Gasteiger partial charge on any atom is -0.314 e. The van der Waals surface area contributed by atoms with Crippen LogP contribution < -0.4 is 5.73 Å². The average Bonchev–Trinajstić information content (AvgIpc) is 2.42. The number of hydrogen-bond acceptors (Lipinski definition) is 3. The van der Waals surface area contributed by atoms with Crippen molar-refractivity contribution in [1.29, 1.82) is 5.26 Å². The summed E-state index contributed by atoms with van der Waals surface area (Å²) >= 11 is 0. The van der Waals surface area contributed by atoms with E-state index in [0.717, 1.165) is 19.4 Å². The van der Waals surface area contributed by atoms with Crippen LogP contribution in [0, 0.1) is 16.7 Å². The quantitative estimate of drug-likeness (QED) is 0.848. The summed E-state index contributed by atoms with van der Waals surface area (Å²) in [6.07, 6.45) is 11.9. The van der Waals surface area contributed by atoms with Gasteiger partial charge < -0.3 is 10.6 Å². The van der Waals surface area contributed by atoms with Gasteiger partial charge in [0, 0.05) is 0 Å². The first-order valence-corrected chi connectivity index (χ1v) is 7.98. The standard InChI is InChI=1S/C16H29N3/c1-15(18,14-17)6-5-11-19-12-9-16(10-13-19)7-3-2-4-8-16/h2-13,18H2,1H3. The van der Waals surface area contributed by atoms with Crippen LogP contribution in [0.5, 0.6) is 0 Å². The highest BCUT2D eigenvalue weighted by Gasteiger charge is 2.35. The molecule has 1 heterocycles. The first-order valence-electron chi connectivity index (χ1n) is 7.98. The molecular formula is C16H29N3. The van der Waals surface area contributed by atoms with Crippen molar-refractivity contribution in [2.45, 2.75) is 70.3 Å². The van der Waals surface area contributed by atoms with Gasteiger partial charge in [-0.25, -0.2) is 0 Å². The Morgan fingerprint density at radius 3 is 2.37 bits per heavy atom. The van der Waals surface area contributed by atoms with Crippen molar-refractivity contribution in [3.05, 3.63) is 0 Å². The lowest BCUT2D eigenvalue weighted by molar-refractivity contribution is 0.0666. The molecular weight excluding hydrogens is 234 g/mol. The molecule has 108 valence electrons. The maximum Gasteiger partial charge on any atom is 0.101 e. The Hall–Kier alpha value is -0.590. The average molecular weight is 263 g/mol. The number of likely N-dealkylation sites (tertiary alicyclic amines) is 1. The Morgan fingerprint density at radius 2 is 1.79 bits per heavy atom. The van der Waals surface area contributed by atoms with Crippen LogP contribution in [-0.2, 0) is 0 Å². The molecule has 1 saturated carbocycles. The topological polar surface area (TPSA) is 53.1 Å². The van der Waals surface area contributed by atoms with E-state index in [0.29, 0.717) is 5.41 Å². The zero-order chi connectivity index (χ0) is 13.8. The molecule has 19 heavy (non-hydrogen) atoms. The predicted molar refractivity (Wildman–Crippen MR) is 78.6 cm³/mol. The lowest BCUT2D eigenvalue weighted by atomic mass is 9.68. The van der Waals surface area contributed by atoms with Crippen LogP contribution in [0.4, 0.5) is 0 Å². The Balaban J connectivity index is 1.68. The van der Waals surface area contributed by atoms with Gasteiger partial charge in [0.25, 0.3) is 0 Å². The summed E-state index contributed by atoms with van der Waals surface area (Å²) in [4.78, 5) is 2.58. The summed E-state index contributed by atoms with van der Waals surface area (Å²) in [7, 11) is 0. The van der Waals surface area contributed by atoms with E-state index in [2.05, 4.69) is 11.0 Å². The first kappa shape index (κ1) is 14.8. The summed E-state index contributed by atoms with van der Waals surface area (Å²) in [6.45, 7) is 5.46. The Kier molecular flexibility index (Phi) is 4.86. The van der Waals surface area contributed by atoms with Crippen LogP contribution in [0.25, 0.3) is 0 Å². The Labute approximate surface area is 118 Å². The van der Waals surface area contributed by atoms with E-state index < -0.39 is 5.54 Å². The van der Waals surface area contributed by atoms with Crippen molar-refractivity contribution in [3.8, 4) is 6.07 Å². The number of piperidine rings is 1. The summed E-state index contributed by atoms with van der Waals surface area (Å²) < 4.78 is 0. The van der Waals surface area contributed by atoms with E-state index in [-0.39, 0.29) is 0 Å². The molecule has 2 aliphatic rings. The highest BCUT2D eigenvalue weighted by Crippen LogP contribution is 2.44. The molecule has 3 nitrogen and oxygen atoms in total. The van der Waals surface area contributed by atoms with Gasteiger partial charge in [-0.3, -0.25) is 0 Å². The minimum atomic E-state index is -0.639. The van der Waals surface area contributed by atoms with Gasteiger partial charge in [-0.15, -0.1) is 0 Å². The van der Waals surface area contributed by atoms with E-state index >= 15 is 0 Å². The number of nitrogens with two attached hydrogens (primary N) is 1. The van der Waals surface area contributed by atoms with Crippen molar-refractivity contribution < 1.29 is 0 Å². The van der Waals surface area contributed by atoms with Gasteiger partial charge in [0.05, 0.1) is 6.07 Å². The molecule has 1 aliphatic carbocycles. The maximum atomic E-state index is 8.91. The third-order valence-electron chi connectivity index (χ3n) is 5.26. The summed E-state index contributed by atoms with van der Waals surface area (Å²) in [5, 5.41) is 8.91. The fourth-order valence-electron chi connectivity index (χ4n) is 3.78. The number of nitriles is 1. The monoisotopic (exact) mass is 263 g/mol. The molecule has 1 aliphatic heterocycles.